The van der Waals surface area contributed by atoms with E-state index in [0.29, 0.717) is 18.3 Å². The predicted octanol–water partition coefficient (Wildman–Crippen LogP) is 0.532. The Morgan fingerprint density at radius 2 is 2.33 bits per heavy atom. The Morgan fingerprint density at radius 3 is 3.00 bits per heavy atom. The lowest BCUT2D eigenvalue weighted by Crippen LogP contribution is -2.26. The first-order valence-corrected chi connectivity index (χ1v) is 5.16. The number of aromatic nitrogens is 2. The van der Waals surface area contributed by atoms with Crippen LogP contribution < -0.4 is 10.5 Å². The van der Waals surface area contributed by atoms with Gasteiger partial charge in [-0.1, -0.05) is 0 Å². The molecule has 0 aliphatic heterocycles. The highest BCUT2D eigenvalue weighted by Crippen LogP contribution is 2.24. The molecule has 1 aromatic heterocycles. The van der Waals surface area contributed by atoms with E-state index in [0.717, 1.165) is 12.6 Å². The van der Waals surface area contributed by atoms with Crippen molar-refractivity contribution in [3.63, 3.8) is 0 Å². The number of anilines is 1. The molecule has 0 saturated heterocycles. The number of likely N-dealkylation sites (N-methyl/N-ethyl adjacent to an activating group) is 1. The molecule has 0 unspecified atom stereocenters. The average molecular weight is 208 g/mol. The van der Waals surface area contributed by atoms with Crippen LogP contribution in [-0.2, 0) is 0 Å². The lowest BCUT2D eigenvalue weighted by molar-refractivity contribution is 0.226. The molecule has 1 heterocycles. The molecule has 1 fully saturated rings. The maximum absolute atomic E-state index is 5.48. The van der Waals surface area contributed by atoms with Crippen LogP contribution in [0.15, 0.2) is 12.4 Å². The fourth-order valence-corrected chi connectivity index (χ4v) is 1.42. The van der Waals surface area contributed by atoms with E-state index in [9.17, 15) is 0 Å². The number of nitrogens with zero attached hydrogens (tertiary/aromatic N) is 3. The summed E-state index contributed by atoms with van der Waals surface area (Å²) in [6.45, 7) is 1.55. The summed E-state index contributed by atoms with van der Waals surface area (Å²) in [7, 11) is 2.12. The number of rotatable bonds is 5. The van der Waals surface area contributed by atoms with Crippen molar-refractivity contribution in [2.45, 2.75) is 18.9 Å². The molecule has 0 amide bonds. The van der Waals surface area contributed by atoms with E-state index in [4.69, 9.17) is 10.5 Å². The number of nitrogen functional groups attached to an aromatic ring is 1. The van der Waals surface area contributed by atoms with Gasteiger partial charge in [-0.15, -0.1) is 0 Å². The lowest BCUT2D eigenvalue weighted by Gasteiger charge is -2.15. The van der Waals surface area contributed by atoms with Crippen LogP contribution in [0.3, 0.4) is 0 Å². The minimum atomic E-state index is 0.392. The summed E-state index contributed by atoms with van der Waals surface area (Å²) >= 11 is 0. The third-order valence-electron chi connectivity index (χ3n) is 2.50. The number of nitrogens with two attached hydrogens (primary N) is 1. The monoisotopic (exact) mass is 208 g/mol. The molecule has 82 valence electrons. The predicted molar refractivity (Wildman–Crippen MR) is 57.6 cm³/mol. The molecule has 0 bridgehead atoms. The molecule has 2 rings (SSSR count). The van der Waals surface area contributed by atoms with Crippen molar-refractivity contribution in [3.8, 4) is 5.88 Å². The Labute approximate surface area is 89.3 Å². The van der Waals surface area contributed by atoms with Gasteiger partial charge in [-0.25, -0.2) is 0 Å². The van der Waals surface area contributed by atoms with Crippen molar-refractivity contribution in [3.05, 3.63) is 12.4 Å². The zero-order valence-corrected chi connectivity index (χ0v) is 8.89. The normalized spacial score (nSPS) is 15.6. The smallest absolute Gasteiger partial charge is 0.234 e. The van der Waals surface area contributed by atoms with Gasteiger partial charge in [0.05, 0.1) is 12.4 Å². The van der Waals surface area contributed by atoms with Crippen LogP contribution in [0.5, 0.6) is 5.88 Å². The van der Waals surface area contributed by atoms with Crippen molar-refractivity contribution >= 4 is 5.82 Å². The highest BCUT2D eigenvalue weighted by atomic mass is 16.5. The van der Waals surface area contributed by atoms with Gasteiger partial charge in [0.15, 0.2) is 0 Å². The zero-order valence-electron chi connectivity index (χ0n) is 8.89. The fourth-order valence-electron chi connectivity index (χ4n) is 1.42. The lowest BCUT2D eigenvalue weighted by atomic mass is 10.5. The maximum atomic E-state index is 5.48. The van der Waals surface area contributed by atoms with Crippen LogP contribution in [0.25, 0.3) is 0 Å². The van der Waals surface area contributed by atoms with Crippen LogP contribution in [0.2, 0.25) is 0 Å². The summed E-state index contributed by atoms with van der Waals surface area (Å²) in [5.41, 5.74) is 5.48. The van der Waals surface area contributed by atoms with E-state index < -0.39 is 0 Å². The second kappa shape index (κ2) is 4.44. The Kier molecular flexibility index (Phi) is 3.01. The van der Waals surface area contributed by atoms with E-state index in [-0.39, 0.29) is 0 Å². The molecule has 0 radical (unpaired) electrons. The first kappa shape index (κ1) is 10.2. The van der Waals surface area contributed by atoms with Gasteiger partial charge in [-0.3, -0.25) is 4.98 Å². The largest absolute Gasteiger partial charge is 0.475 e. The highest BCUT2D eigenvalue weighted by molar-refractivity contribution is 5.25. The molecule has 1 aliphatic carbocycles. The molecule has 1 aromatic rings. The van der Waals surface area contributed by atoms with Gasteiger partial charge in [0.25, 0.3) is 0 Å². The second-order valence-electron chi connectivity index (χ2n) is 3.84. The van der Waals surface area contributed by atoms with E-state index in [1.54, 1.807) is 6.20 Å². The van der Waals surface area contributed by atoms with E-state index in [1.165, 1.54) is 19.0 Å². The molecule has 0 atom stereocenters. The van der Waals surface area contributed by atoms with Gasteiger partial charge in [0, 0.05) is 12.6 Å². The first-order chi connectivity index (χ1) is 7.25. The van der Waals surface area contributed by atoms with Gasteiger partial charge >= 0.3 is 0 Å². The number of ether oxygens (including phenoxy) is 1. The minimum absolute atomic E-state index is 0.392. The van der Waals surface area contributed by atoms with Crippen LogP contribution in [0.1, 0.15) is 12.8 Å². The van der Waals surface area contributed by atoms with Crippen LogP contribution >= 0.6 is 0 Å². The topological polar surface area (TPSA) is 64.3 Å². The third kappa shape index (κ3) is 3.06. The van der Waals surface area contributed by atoms with E-state index in [2.05, 4.69) is 21.9 Å². The summed E-state index contributed by atoms with van der Waals surface area (Å²) in [5.74, 6) is 0.891. The van der Waals surface area contributed by atoms with Gasteiger partial charge < -0.3 is 15.4 Å². The molecule has 5 nitrogen and oxygen atoms in total. The summed E-state index contributed by atoms with van der Waals surface area (Å²) in [6, 6.07) is 0.764. The summed E-state index contributed by atoms with van der Waals surface area (Å²) in [5, 5.41) is 0. The first-order valence-electron chi connectivity index (χ1n) is 5.16. The van der Waals surface area contributed by atoms with E-state index in [1.807, 2.05) is 0 Å². The highest BCUT2D eigenvalue weighted by Gasteiger charge is 2.25. The van der Waals surface area contributed by atoms with Crippen LogP contribution in [-0.4, -0.2) is 41.1 Å². The minimum Gasteiger partial charge on any atom is -0.475 e. The van der Waals surface area contributed by atoms with Crippen molar-refractivity contribution in [2.75, 3.05) is 25.9 Å². The Hall–Kier alpha value is -1.36. The van der Waals surface area contributed by atoms with Crippen LogP contribution in [0, 0.1) is 0 Å². The third-order valence-corrected chi connectivity index (χ3v) is 2.50. The molecular formula is C10H16N4O. The molecule has 1 saturated carbocycles. The fraction of sp³-hybridized carbons (Fsp3) is 0.600. The molecule has 5 heteroatoms. The van der Waals surface area contributed by atoms with Gasteiger partial charge in [-0.2, -0.15) is 4.98 Å². The Morgan fingerprint density at radius 1 is 1.53 bits per heavy atom. The van der Waals surface area contributed by atoms with Gasteiger partial charge in [-0.05, 0) is 19.9 Å². The molecule has 0 aromatic carbocycles. The molecule has 15 heavy (non-hydrogen) atoms. The van der Waals surface area contributed by atoms with E-state index >= 15 is 0 Å². The molecule has 1 aliphatic rings. The second-order valence-corrected chi connectivity index (χ2v) is 3.84. The number of hydrogen-bond donors (Lipinski definition) is 1. The van der Waals surface area contributed by atoms with Crippen molar-refractivity contribution in [1.29, 1.82) is 0 Å². The quantitative estimate of drug-likeness (QED) is 0.764. The van der Waals surface area contributed by atoms with Crippen LogP contribution in [0.4, 0.5) is 5.82 Å². The summed E-state index contributed by atoms with van der Waals surface area (Å²) in [4.78, 5) is 10.2. The molecule has 0 spiro atoms. The molecular weight excluding hydrogens is 192 g/mol. The summed E-state index contributed by atoms with van der Waals surface area (Å²) in [6.07, 6.45) is 5.71. The van der Waals surface area contributed by atoms with Crippen molar-refractivity contribution < 1.29 is 4.74 Å². The Balaban J connectivity index is 1.73. The standard InChI is InChI=1S/C10H16N4O/c1-14(8-2-3-8)4-5-15-10-7-12-6-9(11)13-10/h6-8H,2-5H2,1H3,(H2,11,13). The molecule has 2 N–H and O–H groups in total. The SMILES string of the molecule is CN(CCOc1cncc(N)n1)C1CC1. The average Bonchev–Trinajstić information content (AvgIpc) is 3.00. The van der Waals surface area contributed by atoms with Crippen molar-refractivity contribution in [2.24, 2.45) is 0 Å². The zero-order chi connectivity index (χ0) is 10.7. The maximum Gasteiger partial charge on any atom is 0.234 e. The summed E-state index contributed by atoms with van der Waals surface area (Å²) < 4.78 is 5.44. The van der Waals surface area contributed by atoms with Gasteiger partial charge in [0.1, 0.15) is 12.4 Å². The van der Waals surface area contributed by atoms with Gasteiger partial charge in [0.2, 0.25) is 5.88 Å². The van der Waals surface area contributed by atoms with Crippen molar-refractivity contribution in [1.82, 2.24) is 14.9 Å². The number of hydrogen-bond acceptors (Lipinski definition) is 5. The Bertz CT molecular complexity index is 327.